The monoisotopic (exact) mass is 261 g/mol. The molecule has 0 aliphatic heterocycles. The van der Waals surface area contributed by atoms with E-state index in [9.17, 15) is 0 Å². The van der Waals surface area contributed by atoms with Crippen molar-refractivity contribution in [1.82, 2.24) is 5.32 Å². The Morgan fingerprint density at radius 2 is 0.947 bits per heavy atom. The van der Waals surface area contributed by atoms with Crippen molar-refractivity contribution in [2.75, 3.05) is 7.05 Å². The number of rotatable bonds is 2. The second-order valence-electron chi connectivity index (χ2n) is 8.17. The first-order chi connectivity index (χ1) is 8.38. The van der Waals surface area contributed by atoms with Crippen LogP contribution in [0.25, 0.3) is 0 Å². The highest BCUT2D eigenvalue weighted by atomic mass is 14.9. The van der Waals surface area contributed by atoms with Crippen molar-refractivity contribution in [3.05, 3.63) is 34.9 Å². The Balaban J connectivity index is 3.51. The normalized spacial score (nSPS) is 13.7. The van der Waals surface area contributed by atoms with Gasteiger partial charge in [0.2, 0.25) is 0 Å². The van der Waals surface area contributed by atoms with Crippen LogP contribution in [0, 0.1) is 0 Å². The minimum atomic E-state index is 0.00125. The first-order valence-electron chi connectivity index (χ1n) is 7.23. The van der Waals surface area contributed by atoms with E-state index >= 15 is 0 Å². The highest BCUT2D eigenvalue weighted by Gasteiger charge is 2.25. The van der Waals surface area contributed by atoms with Crippen molar-refractivity contribution in [1.29, 1.82) is 0 Å². The lowest BCUT2D eigenvalue weighted by molar-refractivity contribution is 0.440. The summed E-state index contributed by atoms with van der Waals surface area (Å²) < 4.78 is 0. The number of hydrogen-bond acceptors (Lipinski definition) is 1. The minimum Gasteiger partial charge on any atom is -0.311 e. The van der Waals surface area contributed by atoms with Crippen LogP contribution in [0.15, 0.2) is 18.2 Å². The van der Waals surface area contributed by atoms with E-state index in [1.807, 2.05) is 7.05 Å². The summed E-state index contributed by atoms with van der Waals surface area (Å²) in [4.78, 5) is 0. The van der Waals surface area contributed by atoms with E-state index in [0.717, 1.165) is 0 Å². The summed E-state index contributed by atoms with van der Waals surface area (Å²) in [5, 5.41) is 3.41. The minimum absolute atomic E-state index is 0.00125. The lowest BCUT2D eigenvalue weighted by atomic mass is 9.77. The van der Waals surface area contributed by atoms with Crippen LogP contribution in [0.5, 0.6) is 0 Å². The Morgan fingerprint density at radius 3 is 1.21 bits per heavy atom. The Bertz CT molecular complexity index is 409. The maximum absolute atomic E-state index is 3.41. The third-order valence-corrected chi connectivity index (χ3v) is 4.01. The summed E-state index contributed by atoms with van der Waals surface area (Å²) in [6.45, 7) is 18.2. The summed E-state index contributed by atoms with van der Waals surface area (Å²) in [7, 11) is 2.03. The molecule has 1 heteroatoms. The van der Waals surface area contributed by atoms with E-state index in [2.05, 4.69) is 78.9 Å². The van der Waals surface area contributed by atoms with Crippen molar-refractivity contribution in [3.8, 4) is 0 Å². The van der Waals surface area contributed by atoms with E-state index in [-0.39, 0.29) is 16.4 Å². The molecule has 0 amide bonds. The van der Waals surface area contributed by atoms with Crippen LogP contribution in [-0.4, -0.2) is 7.05 Å². The van der Waals surface area contributed by atoms with E-state index in [0.29, 0.717) is 0 Å². The zero-order chi connectivity index (χ0) is 15.1. The topological polar surface area (TPSA) is 12.0 Å². The molecule has 0 spiro atoms. The van der Waals surface area contributed by atoms with Crippen molar-refractivity contribution in [3.63, 3.8) is 0 Å². The van der Waals surface area contributed by atoms with Gasteiger partial charge in [-0.2, -0.15) is 0 Å². The van der Waals surface area contributed by atoms with Crippen LogP contribution >= 0.6 is 0 Å². The van der Waals surface area contributed by atoms with Gasteiger partial charge in [0.25, 0.3) is 0 Å². The highest BCUT2D eigenvalue weighted by Crippen LogP contribution is 2.33. The van der Waals surface area contributed by atoms with Gasteiger partial charge in [-0.15, -0.1) is 0 Å². The molecule has 1 rings (SSSR count). The van der Waals surface area contributed by atoms with E-state index in [4.69, 9.17) is 0 Å². The molecule has 0 unspecified atom stereocenters. The van der Waals surface area contributed by atoms with Gasteiger partial charge in [-0.25, -0.2) is 0 Å². The Kier molecular flexibility index (Phi) is 4.22. The van der Waals surface area contributed by atoms with Gasteiger partial charge < -0.3 is 5.32 Å². The smallest absolute Gasteiger partial charge is 0.0375 e. The third-order valence-electron chi connectivity index (χ3n) is 4.01. The lowest BCUT2D eigenvalue weighted by Gasteiger charge is -2.31. The summed E-state index contributed by atoms with van der Waals surface area (Å²) in [5.41, 5.74) is 4.56. The highest BCUT2D eigenvalue weighted by molar-refractivity contribution is 5.39. The Morgan fingerprint density at radius 1 is 0.632 bits per heavy atom. The first-order valence-corrected chi connectivity index (χ1v) is 7.23. The van der Waals surface area contributed by atoms with Crippen LogP contribution in [0.3, 0.4) is 0 Å². The molecule has 0 saturated heterocycles. The molecular weight excluding hydrogens is 230 g/mol. The van der Waals surface area contributed by atoms with Crippen molar-refractivity contribution in [2.45, 2.75) is 71.8 Å². The van der Waals surface area contributed by atoms with Crippen LogP contribution in [-0.2, 0) is 16.4 Å². The number of hydrogen-bond donors (Lipinski definition) is 1. The molecule has 0 fully saturated rings. The molecule has 1 aromatic carbocycles. The molecule has 0 aliphatic rings. The summed E-state index contributed by atoms with van der Waals surface area (Å²) in [6.07, 6.45) is 0. The lowest BCUT2D eigenvalue weighted by Crippen LogP contribution is -2.34. The van der Waals surface area contributed by atoms with Gasteiger partial charge in [-0.1, -0.05) is 59.7 Å². The van der Waals surface area contributed by atoms with Crippen LogP contribution < -0.4 is 5.32 Å². The molecule has 0 saturated carbocycles. The number of nitrogens with one attached hydrogen (secondary N) is 1. The van der Waals surface area contributed by atoms with Gasteiger partial charge in [0.15, 0.2) is 0 Å². The molecule has 0 aromatic heterocycles. The number of benzene rings is 1. The fourth-order valence-corrected chi connectivity index (χ4v) is 2.00. The molecular formula is C18H31N. The Labute approximate surface area is 119 Å². The predicted octanol–water partition coefficient (Wildman–Crippen LogP) is 4.74. The molecule has 1 N–H and O–H groups in total. The van der Waals surface area contributed by atoms with Gasteiger partial charge in [0.1, 0.15) is 0 Å². The zero-order valence-corrected chi connectivity index (χ0v) is 14.2. The average Bonchev–Trinajstić information content (AvgIpc) is 2.26. The van der Waals surface area contributed by atoms with Gasteiger partial charge in [0.05, 0.1) is 0 Å². The average molecular weight is 261 g/mol. The fourth-order valence-electron chi connectivity index (χ4n) is 2.00. The summed E-state index contributed by atoms with van der Waals surface area (Å²) >= 11 is 0. The van der Waals surface area contributed by atoms with Gasteiger partial charge in [-0.3, -0.25) is 0 Å². The summed E-state index contributed by atoms with van der Waals surface area (Å²) in [6, 6.07) is 7.08. The standard InChI is InChI=1S/C18H31N/c1-16(2,3)13-10-14(17(4,5)6)12-15(11-13)18(7,8)19-9/h10-12,19H,1-9H3. The molecule has 0 aliphatic carbocycles. The second-order valence-corrected chi connectivity index (χ2v) is 8.17. The van der Waals surface area contributed by atoms with E-state index in [1.165, 1.54) is 16.7 Å². The van der Waals surface area contributed by atoms with Crippen LogP contribution in [0.1, 0.15) is 72.1 Å². The fraction of sp³-hybridized carbons (Fsp3) is 0.667. The molecule has 0 heterocycles. The molecule has 0 radical (unpaired) electrons. The molecule has 108 valence electrons. The van der Waals surface area contributed by atoms with E-state index < -0.39 is 0 Å². The second kappa shape index (κ2) is 4.94. The van der Waals surface area contributed by atoms with E-state index in [1.54, 1.807) is 0 Å². The Hall–Kier alpha value is -0.820. The maximum atomic E-state index is 3.41. The molecule has 1 aromatic rings. The van der Waals surface area contributed by atoms with Crippen LogP contribution in [0.4, 0.5) is 0 Å². The SMILES string of the molecule is CNC(C)(C)c1cc(C(C)(C)C)cc(C(C)(C)C)c1. The quantitative estimate of drug-likeness (QED) is 0.811. The largest absolute Gasteiger partial charge is 0.311 e. The zero-order valence-electron chi connectivity index (χ0n) is 14.2. The third kappa shape index (κ3) is 3.82. The van der Waals surface area contributed by atoms with Crippen molar-refractivity contribution >= 4 is 0 Å². The molecule has 19 heavy (non-hydrogen) atoms. The summed E-state index contributed by atoms with van der Waals surface area (Å²) in [5.74, 6) is 0. The van der Waals surface area contributed by atoms with Gasteiger partial charge >= 0.3 is 0 Å². The maximum Gasteiger partial charge on any atom is 0.0375 e. The molecule has 0 atom stereocenters. The predicted molar refractivity (Wildman–Crippen MR) is 85.9 cm³/mol. The van der Waals surface area contributed by atoms with Gasteiger partial charge in [0, 0.05) is 5.54 Å². The molecule has 1 nitrogen and oxygen atoms in total. The van der Waals surface area contributed by atoms with Gasteiger partial charge in [-0.05, 0) is 48.4 Å². The molecule has 0 bridgehead atoms. The van der Waals surface area contributed by atoms with Crippen LogP contribution in [0.2, 0.25) is 0 Å². The van der Waals surface area contributed by atoms with Crippen molar-refractivity contribution in [2.24, 2.45) is 0 Å². The first kappa shape index (κ1) is 16.2. The van der Waals surface area contributed by atoms with Crippen molar-refractivity contribution < 1.29 is 0 Å².